The molecule has 2 nitrogen and oxygen atoms in total. The van der Waals surface area contributed by atoms with Gasteiger partial charge in [-0.1, -0.05) is 13.3 Å². The van der Waals surface area contributed by atoms with Crippen LogP contribution in [-0.2, 0) is 0 Å². The Hall–Kier alpha value is -0.920. The first kappa shape index (κ1) is 6.77. The van der Waals surface area contributed by atoms with E-state index in [9.17, 15) is 0 Å². The highest BCUT2D eigenvalue weighted by molar-refractivity contribution is 5.28. The fraction of sp³-hybridized carbons (Fsp3) is 0.556. The molecule has 2 aliphatic heterocycles. The van der Waals surface area contributed by atoms with Crippen molar-refractivity contribution in [2.24, 2.45) is 0 Å². The van der Waals surface area contributed by atoms with E-state index in [0.717, 1.165) is 0 Å². The Morgan fingerprint density at radius 3 is 3.18 bits per heavy atom. The van der Waals surface area contributed by atoms with Crippen molar-refractivity contribution < 1.29 is 0 Å². The van der Waals surface area contributed by atoms with Crippen LogP contribution in [0.15, 0.2) is 24.0 Å². The Morgan fingerprint density at radius 1 is 1.45 bits per heavy atom. The van der Waals surface area contributed by atoms with Crippen LogP contribution in [0.5, 0.6) is 0 Å². The van der Waals surface area contributed by atoms with Crippen molar-refractivity contribution in [1.29, 1.82) is 0 Å². The van der Waals surface area contributed by atoms with Gasteiger partial charge in [0.05, 0.1) is 12.1 Å². The summed E-state index contributed by atoms with van der Waals surface area (Å²) >= 11 is 0. The van der Waals surface area contributed by atoms with Crippen molar-refractivity contribution in [2.45, 2.75) is 31.8 Å². The summed E-state index contributed by atoms with van der Waals surface area (Å²) < 4.78 is 0. The summed E-state index contributed by atoms with van der Waals surface area (Å²) in [7, 11) is 0. The van der Waals surface area contributed by atoms with Crippen molar-refractivity contribution in [3.8, 4) is 0 Å². The van der Waals surface area contributed by atoms with Crippen LogP contribution < -0.4 is 10.6 Å². The molecular weight excluding hydrogens is 136 g/mol. The van der Waals surface area contributed by atoms with Crippen LogP contribution in [0.2, 0.25) is 0 Å². The summed E-state index contributed by atoms with van der Waals surface area (Å²) in [6, 6.07) is 1.08. The maximum absolute atomic E-state index is 3.34. The van der Waals surface area contributed by atoms with Crippen LogP contribution >= 0.6 is 0 Å². The van der Waals surface area contributed by atoms with E-state index < -0.39 is 0 Å². The van der Waals surface area contributed by atoms with Gasteiger partial charge < -0.3 is 10.6 Å². The van der Waals surface area contributed by atoms with Crippen LogP contribution in [0.1, 0.15) is 19.8 Å². The molecule has 0 aromatic rings. The molecule has 0 aliphatic carbocycles. The highest BCUT2D eigenvalue weighted by Gasteiger charge is 2.28. The lowest BCUT2D eigenvalue weighted by atomic mass is 10.0. The number of hydrogen-bond acceptors (Lipinski definition) is 2. The largest absolute Gasteiger partial charge is 0.382 e. The molecule has 0 radical (unpaired) electrons. The van der Waals surface area contributed by atoms with Gasteiger partial charge >= 0.3 is 0 Å². The number of rotatable bonds is 2. The normalized spacial score (nSPS) is 32.6. The minimum Gasteiger partial charge on any atom is -0.382 e. The third-order valence-electron chi connectivity index (χ3n) is 2.34. The Balaban J connectivity index is 2.03. The Morgan fingerprint density at radius 2 is 2.36 bits per heavy atom. The molecule has 0 saturated heterocycles. The second-order valence-corrected chi connectivity index (χ2v) is 3.17. The van der Waals surface area contributed by atoms with Crippen molar-refractivity contribution in [3.05, 3.63) is 24.0 Å². The van der Waals surface area contributed by atoms with E-state index in [4.69, 9.17) is 0 Å². The predicted octanol–water partition coefficient (Wildman–Crippen LogP) is 1.13. The highest BCUT2D eigenvalue weighted by atomic mass is 15.1. The van der Waals surface area contributed by atoms with E-state index in [1.165, 1.54) is 18.4 Å². The molecule has 0 saturated carbocycles. The van der Waals surface area contributed by atoms with Crippen molar-refractivity contribution in [2.75, 3.05) is 0 Å². The zero-order valence-electron chi connectivity index (χ0n) is 6.80. The van der Waals surface area contributed by atoms with Crippen LogP contribution in [0.3, 0.4) is 0 Å². The second kappa shape index (κ2) is 2.61. The first-order valence-electron chi connectivity index (χ1n) is 4.29. The summed E-state index contributed by atoms with van der Waals surface area (Å²) in [4.78, 5) is 0. The zero-order chi connectivity index (χ0) is 7.68. The van der Waals surface area contributed by atoms with Gasteiger partial charge in [-0.2, -0.15) is 0 Å². The summed E-state index contributed by atoms with van der Waals surface area (Å²) in [6.45, 7) is 2.22. The van der Waals surface area contributed by atoms with Gasteiger partial charge in [0.15, 0.2) is 0 Å². The lowest BCUT2D eigenvalue weighted by molar-refractivity contribution is 0.611. The quantitative estimate of drug-likeness (QED) is 0.616. The molecule has 0 fully saturated rings. The van der Waals surface area contributed by atoms with Crippen LogP contribution in [0.4, 0.5) is 0 Å². The minimum absolute atomic E-state index is 0.525. The number of nitrogens with one attached hydrogen (secondary N) is 2. The van der Waals surface area contributed by atoms with Gasteiger partial charge in [-0.15, -0.1) is 0 Å². The molecule has 2 heterocycles. The molecule has 2 heteroatoms. The molecule has 2 unspecified atom stereocenters. The first-order valence-corrected chi connectivity index (χ1v) is 4.29. The molecule has 2 rings (SSSR count). The monoisotopic (exact) mass is 150 g/mol. The predicted molar refractivity (Wildman–Crippen MR) is 46.0 cm³/mol. The SMILES string of the molecule is CCCC1=CNC2C=CNC12. The summed E-state index contributed by atoms with van der Waals surface area (Å²) in [5, 5.41) is 6.68. The van der Waals surface area contributed by atoms with Gasteiger partial charge in [0.1, 0.15) is 0 Å². The van der Waals surface area contributed by atoms with Crippen LogP contribution in [-0.4, -0.2) is 12.1 Å². The van der Waals surface area contributed by atoms with Gasteiger partial charge in [0.25, 0.3) is 0 Å². The molecule has 0 spiro atoms. The summed E-state index contributed by atoms with van der Waals surface area (Å²) in [6.07, 6.45) is 8.84. The van der Waals surface area contributed by atoms with Crippen molar-refractivity contribution in [3.63, 3.8) is 0 Å². The maximum atomic E-state index is 3.34. The summed E-state index contributed by atoms with van der Waals surface area (Å²) in [5.41, 5.74) is 1.52. The van der Waals surface area contributed by atoms with Crippen LogP contribution in [0, 0.1) is 0 Å². The third-order valence-corrected chi connectivity index (χ3v) is 2.34. The third kappa shape index (κ3) is 1.02. The standard InChI is InChI=1S/C9H14N2/c1-2-3-7-6-11-8-4-5-10-9(7)8/h4-6,8-11H,2-3H2,1H3. The first-order chi connectivity index (χ1) is 5.42. The maximum Gasteiger partial charge on any atom is 0.0723 e. The molecular formula is C9H14N2. The Kier molecular flexibility index (Phi) is 1.60. The highest BCUT2D eigenvalue weighted by Crippen LogP contribution is 2.21. The average Bonchev–Trinajstić information content (AvgIpc) is 2.53. The number of fused-ring (bicyclic) bond motifs is 1. The average molecular weight is 150 g/mol. The number of hydrogen-bond donors (Lipinski definition) is 2. The molecule has 11 heavy (non-hydrogen) atoms. The molecule has 0 amide bonds. The van der Waals surface area contributed by atoms with Gasteiger partial charge in [0, 0.05) is 0 Å². The molecule has 0 aromatic heterocycles. The van der Waals surface area contributed by atoms with E-state index in [1.54, 1.807) is 0 Å². The lowest BCUT2D eigenvalue weighted by Crippen LogP contribution is -2.33. The van der Waals surface area contributed by atoms with Gasteiger partial charge in [-0.3, -0.25) is 0 Å². The zero-order valence-corrected chi connectivity index (χ0v) is 6.80. The molecule has 2 N–H and O–H groups in total. The van der Waals surface area contributed by atoms with E-state index in [1.807, 2.05) is 6.20 Å². The lowest BCUT2D eigenvalue weighted by Gasteiger charge is -2.13. The van der Waals surface area contributed by atoms with Crippen molar-refractivity contribution in [1.82, 2.24) is 10.6 Å². The topological polar surface area (TPSA) is 24.1 Å². The second-order valence-electron chi connectivity index (χ2n) is 3.17. The van der Waals surface area contributed by atoms with Gasteiger partial charge in [-0.05, 0) is 30.5 Å². The fourth-order valence-corrected chi connectivity index (χ4v) is 1.78. The smallest absolute Gasteiger partial charge is 0.0723 e. The van der Waals surface area contributed by atoms with E-state index >= 15 is 0 Å². The summed E-state index contributed by atoms with van der Waals surface area (Å²) in [5.74, 6) is 0. The van der Waals surface area contributed by atoms with E-state index in [2.05, 4.69) is 29.8 Å². The fourth-order valence-electron chi connectivity index (χ4n) is 1.78. The molecule has 2 atom stereocenters. The molecule has 0 aromatic carbocycles. The van der Waals surface area contributed by atoms with E-state index in [-0.39, 0.29) is 0 Å². The Bertz CT molecular complexity index is 206. The molecule has 60 valence electrons. The van der Waals surface area contributed by atoms with E-state index in [0.29, 0.717) is 12.1 Å². The Labute approximate surface area is 67.4 Å². The van der Waals surface area contributed by atoms with Gasteiger partial charge in [0.2, 0.25) is 0 Å². The molecule has 2 aliphatic rings. The van der Waals surface area contributed by atoms with Crippen LogP contribution in [0.25, 0.3) is 0 Å². The molecule has 0 bridgehead atoms. The van der Waals surface area contributed by atoms with Crippen molar-refractivity contribution >= 4 is 0 Å². The minimum atomic E-state index is 0.525. The van der Waals surface area contributed by atoms with Gasteiger partial charge in [-0.25, -0.2) is 0 Å².